The van der Waals surface area contributed by atoms with Crippen molar-refractivity contribution < 1.29 is 14.0 Å². The summed E-state index contributed by atoms with van der Waals surface area (Å²) in [7, 11) is 0. The summed E-state index contributed by atoms with van der Waals surface area (Å²) in [5, 5.41) is 5.63. The molecule has 5 rings (SSSR count). The average molecular weight is 478 g/mol. The number of urea groups is 2. The summed E-state index contributed by atoms with van der Waals surface area (Å²) in [5.41, 5.74) is 3.30. The number of rotatable bonds is 4. The largest absolute Gasteiger partial charge is 0.439 e. The van der Waals surface area contributed by atoms with Crippen molar-refractivity contribution >= 4 is 34.5 Å². The normalized spacial score (nSPS) is 16.9. The Bertz CT molecular complexity index is 1180. The Kier molecular flexibility index (Phi) is 6.80. The van der Waals surface area contributed by atoms with Gasteiger partial charge in [-0.15, -0.1) is 0 Å². The van der Waals surface area contributed by atoms with Gasteiger partial charge in [0.05, 0.1) is 24.1 Å². The van der Waals surface area contributed by atoms with Gasteiger partial charge < -0.3 is 24.9 Å². The van der Waals surface area contributed by atoms with E-state index in [2.05, 4.69) is 25.5 Å². The second-order valence-corrected chi connectivity index (χ2v) is 9.12. The molecule has 10 nitrogen and oxygen atoms in total. The number of aryl methyl sites for hydroxylation is 1. The molecule has 2 N–H and O–H groups in total. The van der Waals surface area contributed by atoms with Crippen LogP contribution in [0.5, 0.6) is 0 Å². The van der Waals surface area contributed by atoms with Crippen LogP contribution < -0.4 is 10.6 Å². The molecule has 0 spiro atoms. The van der Waals surface area contributed by atoms with Crippen LogP contribution in [0.3, 0.4) is 0 Å². The lowest BCUT2D eigenvalue weighted by atomic mass is 10.1. The van der Waals surface area contributed by atoms with Crippen LogP contribution in [0.4, 0.5) is 21.0 Å². The summed E-state index contributed by atoms with van der Waals surface area (Å²) in [6.07, 6.45) is 5.04. The molecule has 1 aromatic carbocycles. The lowest BCUT2D eigenvalue weighted by Crippen LogP contribution is -2.53. The van der Waals surface area contributed by atoms with Gasteiger partial charge in [0.15, 0.2) is 5.58 Å². The van der Waals surface area contributed by atoms with Crippen molar-refractivity contribution in [2.45, 2.75) is 32.7 Å². The molecule has 184 valence electrons. The Morgan fingerprint density at radius 1 is 0.943 bits per heavy atom. The number of likely N-dealkylation sites (tertiary alicyclic amines) is 1. The van der Waals surface area contributed by atoms with E-state index in [1.54, 1.807) is 18.3 Å². The number of pyridine rings is 1. The van der Waals surface area contributed by atoms with Gasteiger partial charge >= 0.3 is 12.1 Å². The van der Waals surface area contributed by atoms with E-state index in [0.717, 1.165) is 44.7 Å². The van der Waals surface area contributed by atoms with Gasteiger partial charge in [-0.3, -0.25) is 9.88 Å². The molecule has 2 aromatic heterocycles. The monoisotopic (exact) mass is 477 g/mol. The van der Waals surface area contributed by atoms with Crippen LogP contribution in [-0.2, 0) is 6.54 Å². The molecule has 3 aromatic rings. The molecule has 0 unspecified atom stereocenters. The van der Waals surface area contributed by atoms with Gasteiger partial charge in [-0.2, -0.15) is 0 Å². The molecule has 35 heavy (non-hydrogen) atoms. The van der Waals surface area contributed by atoms with Gasteiger partial charge in [0.2, 0.25) is 5.89 Å². The molecule has 2 saturated heterocycles. The molecule has 0 aliphatic carbocycles. The zero-order chi connectivity index (χ0) is 24.2. The minimum Gasteiger partial charge on any atom is -0.439 e. The molecule has 0 saturated carbocycles. The quantitative estimate of drug-likeness (QED) is 0.590. The van der Waals surface area contributed by atoms with E-state index in [9.17, 15) is 9.59 Å². The molecule has 2 aliphatic rings. The van der Waals surface area contributed by atoms with Crippen LogP contribution in [-0.4, -0.2) is 76.0 Å². The molecule has 10 heteroatoms. The number of anilines is 2. The van der Waals surface area contributed by atoms with Gasteiger partial charge in [-0.05, 0) is 50.5 Å². The number of aromatic nitrogens is 2. The fourth-order valence-electron chi connectivity index (χ4n) is 4.56. The number of hydrogen-bond acceptors (Lipinski definition) is 6. The maximum Gasteiger partial charge on any atom is 0.323 e. The fraction of sp³-hybridized carbons (Fsp3) is 0.440. The average Bonchev–Trinajstić information content (AvgIpc) is 3.29. The summed E-state index contributed by atoms with van der Waals surface area (Å²) in [5.74, 6) is 0.591. The lowest BCUT2D eigenvalue weighted by molar-refractivity contribution is 0.101. The highest BCUT2D eigenvalue weighted by Crippen LogP contribution is 2.25. The number of fused-ring (bicyclic) bond motifs is 1. The number of para-hydroxylation sites is 1. The second-order valence-electron chi connectivity index (χ2n) is 9.12. The Morgan fingerprint density at radius 2 is 1.71 bits per heavy atom. The molecular weight excluding hydrogens is 446 g/mol. The standard InChI is InChI=1S/C25H31N7O3/c1-18-8-9-19(16-26-18)27-24(33)28-20-6-5-7-21-23(20)29-22(35-21)17-30-12-14-32(15-13-30)25(34)31-10-3-2-4-11-31/h5-9,16H,2-4,10-15,17H2,1H3,(H2,27,28,33). The van der Waals surface area contributed by atoms with Gasteiger partial charge in [0, 0.05) is 45.0 Å². The number of hydrogen-bond donors (Lipinski definition) is 2. The summed E-state index contributed by atoms with van der Waals surface area (Å²) >= 11 is 0. The molecular formula is C25H31N7O3. The molecule has 4 heterocycles. The van der Waals surface area contributed by atoms with E-state index in [4.69, 9.17) is 4.42 Å². The van der Waals surface area contributed by atoms with Gasteiger partial charge in [-0.1, -0.05) is 6.07 Å². The van der Waals surface area contributed by atoms with Crippen molar-refractivity contribution in [3.05, 3.63) is 48.1 Å². The first-order chi connectivity index (χ1) is 17.0. The Morgan fingerprint density at radius 3 is 2.46 bits per heavy atom. The first kappa shape index (κ1) is 23.1. The Balaban J connectivity index is 1.18. The fourth-order valence-corrected chi connectivity index (χ4v) is 4.56. The van der Waals surface area contributed by atoms with E-state index in [1.807, 2.05) is 34.9 Å². The number of oxazole rings is 1. The maximum atomic E-state index is 12.8. The number of nitrogens with zero attached hydrogens (tertiary/aromatic N) is 5. The number of carbonyl (C=O) groups is 2. The van der Waals surface area contributed by atoms with Crippen molar-refractivity contribution in [2.24, 2.45) is 0 Å². The van der Waals surface area contributed by atoms with E-state index < -0.39 is 0 Å². The maximum absolute atomic E-state index is 12.8. The van der Waals surface area contributed by atoms with Crippen molar-refractivity contribution in [3.8, 4) is 0 Å². The van der Waals surface area contributed by atoms with Crippen molar-refractivity contribution in [1.29, 1.82) is 0 Å². The van der Waals surface area contributed by atoms with Crippen LogP contribution in [0.1, 0.15) is 30.8 Å². The molecule has 0 radical (unpaired) electrons. The highest BCUT2D eigenvalue weighted by molar-refractivity contribution is 6.04. The predicted octanol–water partition coefficient (Wildman–Crippen LogP) is 3.90. The van der Waals surface area contributed by atoms with Crippen LogP contribution in [0.2, 0.25) is 0 Å². The third-order valence-electron chi connectivity index (χ3n) is 6.51. The van der Waals surface area contributed by atoms with Crippen LogP contribution in [0, 0.1) is 6.92 Å². The first-order valence-corrected chi connectivity index (χ1v) is 12.2. The molecule has 2 fully saturated rings. The van der Waals surface area contributed by atoms with E-state index >= 15 is 0 Å². The lowest BCUT2D eigenvalue weighted by Gasteiger charge is -2.38. The number of piperazine rings is 1. The van der Waals surface area contributed by atoms with Crippen LogP contribution >= 0.6 is 0 Å². The number of carbonyl (C=O) groups excluding carboxylic acids is 2. The third kappa shape index (κ3) is 5.54. The topological polar surface area (TPSA) is 107 Å². The van der Waals surface area contributed by atoms with E-state index in [0.29, 0.717) is 48.0 Å². The number of benzene rings is 1. The SMILES string of the molecule is Cc1ccc(NC(=O)Nc2cccc3oc(CN4CCN(C(=O)N5CCCCC5)CC4)nc23)cn1. The number of piperidine rings is 1. The van der Waals surface area contributed by atoms with Crippen LogP contribution in [0.15, 0.2) is 40.9 Å². The zero-order valence-corrected chi connectivity index (χ0v) is 20.0. The molecule has 0 atom stereocenters. The molecule has 0 bridgehead atoms. The number of nitrogens with one attached hydrogen (secondary N) is 2. The first-order valence-electron chi connectivity index (χ1n) is 12.2. The second kappa shape index (κ2) is 10.3. The zero-order valence-electron chi connectivity index (χ0n) is 20.0. The van der Waals surface area contributed by atoms with Crippen molar-refractivity contribution in [1.82, 2.24) is 24.7 Å². The Hall–Kier alpha value is -3.66. The van der Waals surface area contributed by atoms with Crippen molar-refractivity contribution in [2.75, 3.05) is 49.9 Å². The predicted molar refractivity (Wildman–Crippen MR) is 133 cm³/mol. The van der Waals surface area contributed by atoms with E-state index in [-0.39, 0.29) is 12.1 Å². The molecule has 4 amide bonds. The summed E-state index contributed by atoms with van der Waals surface area (Å²) in [4.78, 5) is 40.3. The highest BCUT2D eigenvalue weighted by atomic mass is 16.3. The summed E-state index contributed by atoms with van der Waals surface area (Å²) < 4.78 is 5.97. The Labute approximate surface area is 204 Å². The van der Waals surface area contributed by atoms with Crippen LogP contribution in [0.25, 0.3) is 11.1 Å². The minimum absolute atomic E-state index is 0.168. The minimum atomic E-state index is -0.373. The van der Waals surface area contributed by atoms with Gasteiger partial charge in [-0.25, -0.2) is 14.6 Å². The van der Waals surface area contributed by atoms with Gasteiger partial charge in [0.25, 0.3) is 0 Å². The highest BCUT2D eigenvalue weighted by Gasteiger charge is 2.27. The summed E-state index contributed by atoms with van der Waals surface area (Å²) in [6, 6.07) is 8.90. The van der Waals surface area contributed by atoms with Gasteiger partial charge in [0.1, 0.15) is 5.52 Å². The smallest absolute Gasteiger partial charge is 0.323 e. The number of amides is 4. The van der Waals surface area contributed by atoms with E-state index in [1.165, 1.54) is 6.42 Å². The van der Waals surface area contributed by atoms with Crippen molar-refractivity contribution in [3.63, 3.8) is 0 Å². The molecule has 2 aliphatic heterocycles. The summed E-state index contributed by atoms with van der Waals surface area (Å²) in [6.45, 7) is 7.15. The third-order valence-corrected chi connectivity index (χ3v) is 6.51.